The maximum Gasteiger partial charge on any atom is 0.251 e. The molecular weight excluding hydrogens is 338 g/mol. The van der Waals surface area contributed by atoms with Gasteiger partial charge in [0, 0.05) is 31.2 Å². The highest BCUT2D eigenvalue weighted by molar-refractivity contribution is 7.89. The molecule has 1 aromatic rings. The predicted molar refractivity (Wildman–Crippen MR) is 96.7 cm³/mol. The molecule has 1 amide bonds. The number of carbonyl (C=O) groups excluding carboxylic acids is 1. The van der Waals surface area contributed by atoms with Crippen molar-refractivity contribution in [2.45, 2.75) is 49.5 Å². The highest BCUT2D eigenvalue weighted by Crippen LogP contribution is 2.32. The molecule has 1 aliphatic carbocycles. The minimum Gasteiger partial charge on any atom is -0.348 e. The lowest BCUT2D eigenvalue weighted by Crippen LogP contribution is -2.41. The lowest BCUT2D eigenvalue weighted by atomic mass is 10.1. The zero-order chi connectivity index (χ0) is 17.9. The monoisotopic (exact) mass is 365 g/mol. The van der Waals surface area contributed by atoms with E-state index >= 15 is 0 Å². The second-order valence-corrected chi connectivity index (χ2v) is 8.94. The van der Waals surface area contributed by atoms with Crippen LogP contribution < -0.4 is 11.1 Å². The van der Waals surface area contributed by atoms with Gasteiger partial charge in [0.05, 0.1) is 4.90 Å². The van der Waals surface area contributed by atoms with Gasteiger partial charge in [-0.15, -0.1) is 0 Å². The first-order chi connectivity index (χ1) is 12.0. The summed E-state index contributed by atoms with van der Waals surface area (Å²) in [6.45, 7) is 1.51. The molecule has 0 radical (unpaired) electrons. The summed E-state index contributed by atoms with van der Waals surface area (Å²) >= 11 is 0. The van der Waals surface area contributed by atoms with E-state index < -0.39 is 10.0 Å². The Bertz CT molecular complexity index is 708. The van der Waals surface area contributed by atoms with Crippen molar-refractivity contribution in [3.63, 3.8) is 0 Å². The standard InChI is InChI=1S/C18H27N3O3S/c19-13-17(14-8-9-14)20-18(22)15-6-5-7-16(12-15)25(23,24)21-10-3-1-2-4-11-21/h5-7,12,14,17H,1-4,8-11,13,19H2,(H,20,22). The highest BCUT2D eigenvalue weighted by atomic mass is 32.2. The van der Waals surface area contributed by atoms with E-state index in [0.717, 1.165) is 38.5 Å². The van der Waals surface area contributed by atoms with E-state index in [0.29, 0.717) is 31.1 Å². The predicted octanol–water partition coefficient (Wildman–Crippen LogP) is 1.72. The Labute approximate surface area is 149 Å². The van der Waals surface area contributed by atoms with Crippen LogP contribution in [0.4, 0.5) is 0 Å². The van der Waals surface area contributed by atoms with Crippen LogP contribution in [0, 0.1) is 5.92 Å². The van der Waals surface area contributed by atoms with Crippen LogP contribution in [0.15, 0.2) is 29.2 Å². The van der Waals surface area contributed by atoms with Crippen LogP contribution >= 0.6 is 0 Å². The maximum atomic E-state index is 12.9. The number of hydrogen-bond acceptors (Lipinski definition) is 4. The van der Waals surface area contributed by atoms with Gasteiger partial charge in [0.1, 0.15) is 0 Å². The average molecular weight is 365 g/mol. The average Bonchev–Trinajstić information content (AvgIpc) is 3.46. The first-order valence-corrected chi connectivity index (χ1v) is 10.6. The Kier molecular flexibility index (Phi) is 5.76. The molecule has 1 unspecified atom stereocenters. The van der Waals surface area contributed by atoms with E-state index in [9.17, 15) is 13.2 Å². The molecule has 2 aliphatic rings. The molecule has 0 bridgehead atoms. The molecule has 6 nitrogen and oxygen atoms in total. The molecule has 1 heterocycles. The quantitative estimate of drug-likeness (QED) is 0.803. The van der Waals surface area contributed by atoms with Crippen LogP contribution in [0.5, 0.6) is 0 Å². The molecule has 1 aliphatic heterocycles. The number of nitrogens with one attached hydrogen (secondary N) is 1. The van der Waals surface area contributed by atoms with Gasteiger partial charge in [0.15, 0.2) is 0 Å². The Morgan fingerprint density at radius 2 is 1.88 bits per heavy atom. The van der Waals surface area contributed by atoms with Crippen LogP contribution in [0.25, 0.3) is 0 Å². The van der Waals surface area contributed by atoms with Crippen LogP contribution in [0.3, 0.4) is 0 Å². The van der Waals surface area contributed by atoms with Gasteiger partial charge in [-0.1, -0.05) is 18.9 Å². The van der Waals surface area contributed by atoms with Gasteiger partial charge >= 0.3 is 0 Å². The van der Waals surface area contributed by atoms with Crippen molar-refractivity contribution in [2.75, 3.05) is 19.6 Å². The molecule has 1 saturated carbocycles. The highest BCUT2D eigenvalue weighted by Gasteiger charge is 2.32. The Hall–Kier alpha value is -1.44. The number of nitrogens with two attached hydrogens (primary N) is 1. The largest absolute Gasteiger partial charge is 0.348 e. The van der Waals surface area contributed by atoms with Crippen molar-refractivity contribution in [3.05, 3.63) is 29.8 Å². The molecule has 0 aromatic heterocycles. The molecule has 0 spiro atoms. The summed E-state index contributed by atoms with van der Waals surface area (Å²) in [7, 11) is -3.55. The number of hydrogen-bond donors (Lipinski definition) is 2. The summed E-state index contributed by atoms with van der Waals surface area (Å²) in [6, 6.07) is 6.30. The summed E-state index contributed by atoms with van der Waals surface area (Å²) in [5.41, 5.74) is 6.10. The minimum atomic E-state index is -3.55. The third-order valence-electron chi connectivity index (χ3n) is 5.06. The van der Waals surface area contributed by atoms with Crippen molar-refractivity contribution < 1.29 is 13.2 Å². The summed E-state index contributed by atoms with van der Waals surface area (Å²) in [5.74, 6) is 0.202. The fourth-order valence-corrected chi connectivity index (χ4v) is 4.91. The third-order valence-corrected chi connectivity index (χ3v) is 6.96. The first-order valence-electron chi connectivity index (χ1n) is 9.13. The zero-order valence-electron chi connectivity index (χ0n) is 14.5. The maximum absolute atomic E-state index is 12.9. The molecule has 7 heteroatoms. The second kappa shape index (κ2) is 7.85. The summed E-state index contributed by atoms with van der Waals surface area (Å²) in [4.78, 5) is 12.7. The first kappa shape index (κ1) is 18.4. The lowest BCUT2D eigenvalue weighted by molar-refractivity contribution is 0.0933. The Balaban J connectivity index is 1.76. The number of nitrogens with zero attached hydrogens (tertiary/aromatic N) is 1. The van der Waals surface area contributed by atoms with E-state index in [1.165, 1.54) is 6.07 Å². The van der Waals surface area contributed by atoms with E-state index in [4.69, 9.17) is 5.73 Å². The number of amides is 1. The van der Waals surface area contributed by atoms with Crippen molar-refractivity contribution in [2.24, 2.45) is 11.7 Å². The summed E-state index contributed by atoms with van der Waals surface area (Å²) < 4.78 is 27.3. The Morgan fingerprint density at radius 1 is 1.20 bits per heavy atom. The van der Waals surface area contributed by atoms with Crippen LogP contribution in [-0.2, 0) is 10.0 Å². The van der Waals surface area contributed by atoms with Crippen LogP contribution in [-0.4, -0.2) is 44.3 Å². The van der Waals surface area contributed by atoms with Gasteiger partial charge in [0.2, 0.25) is 10.0 Å². The second-order valence-electron chi connectivity index (χ2n) is 7.00. The van der Waals surface area contributed by atoms with E-state index in [2.05, 4.69) is 5.32 Å². The number of carbonyl (C=O) groups is 1. The van der Waals surface area contributed by atoms with E-state index in [1.807, 2.05) is 0 Å². The third kappa shape index (κ3) is 4.40. The molecular formula is C18H27N3O3S. The number of rotatable bonds is 6. The van der Waals surface area contributed by atoms with Crippen molar-refractivity contribution in [1.82, 2.24) is 9.62 Å². The zero-order valence-corrected chi connectivity index (χ0v) is 15.3. The topological polar surface area (TPSA) is 92.5 Å². The Morgan fingerprint density at radius 3 is 2.48 bits per heavy atom. The van der Waals surface area contributed by atoms with Gasteiger partial charge in [-0.3, -0.25) is 4.79 Å². The molecule has 1 saturated heterocycles. The van der Waals surface area contributed by atoms with Crippen LogP contribution in [0.1, 0.15) is 48.9 Å². The summed E-state index contributed by atoms with van der Waals surface area (Å²) in [5, 5.41) is 2.94. The van der Waals surface area contributed by atoms with Crippen LogP contribution in [0.2, 0.25) is 0 Å². The molecule has 2 fully saturated rings. The molecule has 3 rings (SSSR count). The van der Waals surface area contributed by atoms with Gasteiger partial charge in [-0.05, 0) is 49.8 Å². The van der Waals surface area contributed by atoms with Gasteiger partial charge in [-0.2, -0.15) is 4.31 Å². The van der Waals surface area contributed by atoms with Crippen molar-refractivity contribution >= 4 is 15.9 Å². The minimum absolute atomic E-state index is 0.0293. The number of sulfonamides is 1. The molecule has 138 valence electrons. The lowest BCUT2D eigenvalue weighted by Gasteiger charge is -2.20. The molecule has 25 heavy (non-hydrogen) atoms. The van der Waals surface area contributed by atoms with E-state index in [-0.39, 0.29) is 16.8 Å². The van der Waals surface area contributed by atoms with Crippen molar-refractivity contribution in [1.29, 1.82) is 0 Å². The van der Waals surface area contributed by atoms with E-state index in [1.54, 1.807) is 22.5 Å². The van der Waals surface area contributed by atoms with Gasteiger partial charge < -0.3 is 11.1 Å². The number of benzene rings is 1. The normalized spacial score (nSPS) is 20.7. The SMILES string of the molecule is NCC(NC(=O)c1cccc(S(=O)(=O)N2CCCCCC2)c1)C1CC1. The molecule has 1 atom stereocenters. The summed E-state index contributed by atoms with van der Waals surface area (Å²) in [6.07, 6.45) is 6.08. The van der Waals surface area contributed by atoms with Gasteiger partial charge in [0.25, 0.3) is 5.91 Å². The van der Waals surface area contributed by atoms with Gasteiger partial charge in [-0.25, -0.2) is 8.42 Å². The molecule has 3 N–H and O–H groups in total. The van der Waals surface area contributed by atoms with Crippen molar-refractivity contribution in [3.8, 4) is 0 Å². The smallest absolute Gasteiger partial charge is 0.251 e. The fraction of sp³-hybridized carbons (Fsp3) is 0.611. The fourth-order valence-electron chi connectivity index (χ4n) is 3.35. The molecule has 1 aromatic carbocycles.